The number of Topliss-reactive ketones (excluding diaryl/α,β-unsaturated/α-hetero) is 1. The second-order valence-corrected chi connectivity index (χ2v) is 11.4. The van der Waals surface area contributed by atoms with Crippen molar-refractivity contribution >= 4 is 34.4 Å². The summed E-state index contributed by atoms with van der Waals surface area (Å²) in [6.07, 6.45) is -0.664. The molecule has 1 N–H and O–H groups in total. The highest BCUT2D eigenvalue weighted by atomic mass is 32.1. The number of aryl methyl sites for hydroxylation is 1. The Morgan fingerprint density at radius 2 is 1.79 bits per heavy atom. The van der Waals surface area contributed by atoms with Gasteiger partial charge in [0.1, 0.15) is 5.01 Å². The van der Waals surface area contributed by atoms with Gasteiger partial charge in [0.05, 0.1) is 5.92 Å². The van der Waals surface area contributed by atoms with Gasteiger partial charge in [-0.05, 0) is 69.3 Å². The molecule has 33 heavy (non-hydrogen) atoms. The molecule has 6 rings (SSSR count). The van der Waals surface area contributed by atoms with Crippen LogP contribution in [0.15, 0.2) is 16.5 Å². The Hall–Kier alpha value is -2.00. The minimum Gasteiger partial charge on any atom is -0.478 e. The topological polar surface area (TPSA) is 67.3 Å². The molecule has 4 nitrogen and oxygen atoms in total. The number of ketones is 1. The van der Waals surface area contributed by atoms with Gasteiger partial charge in [-0.2, -0.15) is 13.2 Å². The van der Waals surface area contributed by atoms with E-state index in [2.05, 4.69) is 4.98 Å². The summed E-state index contributed by atoms with van der Waals surface area (Å²) in [6, 6.07) is 0. The molecule has 0 unspecified atom stereocenters. The largest absolute Gasteiger partial charge is 0.478 e. The number of rotatable bonds is 5. The van der Waals surface area contributed by atoms with Crippen LogP contribution >= 0.6 is 22.7 Å². The van der Waals surface area contributed by atoms with Crippen LogP contribution in [0.3, 0.4) is 0 Å². The molecule has 1 atom stereocenters. The Morgan fingerprint density at radius 3 is 2.36 bits per heavy atom. The van der Waals surface area contributed by atoms with Crippen molar-refractivity contribution < 1.29 is 27.9 Å². The van der Waals surface area contributed by atoms with Crippen LogP contribution in [0.25, 0.3) is 10.6 Å². The smallest absolute Gasteiger partial charge is 0.392 e. The van der Waals surface area contributed by atoms with Crippen LogP contribution in [0.4, 0.5) is 13.2 Å². The number of nitrogens with zero attached hydrogens (tertiary/aromatic N) is 1. The van der Waals surface area contributed by atoms with E-state index < -0.39 is 18.1 Å². The fraction of sp³-hybridized carbons (Fsp3) is 0.542. The molecule has 4 aliphatic carbocycles. The van der Waals surface area contributed by atoms with E-state index in [1.165, 1.54) is 22.7 Å². The average molecular weight is 496 g/mol. The second-order valence-electron chi connectivity index (χ2n) is 9.36. The summed E-state index contributed by atoms with van der Waals surface area (Å²) in [5.74, 6) is -2.67. The zero-order valence-electron chi connectivity index (χ0n) is 18.1. The number of halogens is 3. The first kappa shape index (κ1) is 22.8. The molecule has 176 valence electrons. The molecule has 9 heteroatoms. The lowest BCUT2D eigenvalue weighted by molar-refractivity contribution is -0.176. The fourth-order valence-corrected chi connectivity index (χ4v) is 8.18. The number of carbonyl (C=O) groups is 2. The van der Waals surface area contributed by atoms with Crippen LogP contribution in [0, 0.1) is 24.7 Å². The predicted molar refractivity (Wildman–Crippen MR) is 121 cm³/mol. The zero-order valence-corrected chi connectivity index (χ0v) is 19.8. The molecule has 1 fully saturated rings. The number of carboxylic acids is 1. The van der Waals surface area contributed by atoms with Crippen LogP contribution in [-0.2, 0) is 28.9 Å². The van der Waals surface area contributed by atoms with E-state index in [1.807, 2.05) is 12.3 Å². The number of hydrogen-bond donors (Lipinski definition) is 1. The highest BCUT2D eigenvalue weighted by Gasteiger charge is 2.44. The van der Waals surface area contributed by atoms with E-state index in [9.17, 15) is 27.9 Å². The summed E-state index contributed by atoms with van der Waals surface area (Å²) >= 11 is 2.72. The van der Waals surface area contributed by atoms with Crippen molar-refractivity contribution in [1.82, 2.24) is 4.98 Å². The summed E-state index contributed by atoms with van der Waals surface area (Å²) < 4.78 is 40.2. The Balaban J connectivity index is 1.54. The molecule has 4 aliphatic rings. The summed E-state index contributed by atoms with van der Waals surface area (Å²) in [4.78, 5) is 31.4. The Labute approximate surface area is 197 Å². The van der Waals surface area contributed by atoms with Gasteiger partial charge in [-0.3, -0.25) is 4.79 Å². The van der Waals surface area contributed by atoms with Gasteiger partial charge in [-0.1, -0.05) is 0 Å². The molecule has 0 aliphatic heterocycles. The number of aliphatic carboxylic acids is 1. The van der Waals surface area contributed by atoms with E-state index >= 15 is 0 Å². The number of carboxylic acid groups (broad SMARTS) is 1. The summed E-state index contributed by atoms with van der Waals surface area (Å²) in [5.41, 5.74) is 3.24. The molecule has 0 radical (unpaired) electrons. The van der Waals surface area contributed by atoms with Gasteiger partial charge >= 0.3 is 12.1 Å². The van der Waals surface area contributed by atoms with Crippen molar-refractivity contribution in [2.24, 2.45) is 17.8 Å². The van der Waals surface area contributed by atoms with E-state index in [0.717, 1.165) is 52.4 Å². The number of thiophene rings is 1. The number of thiazole rings is 1. The maximum Gasteiger partial charge on any atom is 0.392 e. The number of hydrogen-bond acceptors (Lipinski definition) is 5. The molecule has 2 aromatic rings. The maximum atomic E-state index is 13.5. The maximum absolute atomic E-state index is 13.5. The number of aromatic nitrogens is 1. The summed E-state index contributed by atoms with van der Waals surface area (Å²) in [7, 11) is 0. The van der Waals surface area contributed by atoms with Crippen molar-refractivity contribution in [2.75, 3.05) is 0 Å². The van der Waals surface area contributed by atoms with Crippen LogP contribution in [-0.4, -0.2) is 28.0 Å². The standard InChI is InChI=1S/C24H24F3NO3S2/c1-11-10-32-22(28-11)21-15-7-6-14(24(25,26)27)8-17(15)33-18(21)9-16(29)19-12-2-4-13(5-3-12)20(19)23(30)31/h10,12-14H,2-9H2,1H3,(H,30,31)/t12?,13?,14-/m0/s1. The van der Waals surface area contributed by atoms with Crippen LogP contribution < -0.4 is 0 Å². The second kappa shape index (κ2) is 8.34. The van der Waals surface area contributed by atoms with Crippen molar-refractivity contribution in [3.63, 3.8) is 0 Å². The van der Waals surface area contributed by atoms with Crippen molar-refractivity contribution in [1.29, 1.82) is 0 Å². The Bertz CT molecular complexity index is 1150. The number of carbonyl (C=O) groups excluding carboxylic acids is 1. The molecular weight excluding hydrogens is 471 g/mol. The third-order valence-electron chi connectivity index (χ3n) is 7.32. The van der Waals surface area contributed by atoms with Gasteiger partial charge in [0, 0.05) is 44.0 Å². The Morgan fingerprint density at radius 1 is 1.12 bits per heavy atom. The third-order valence-corrected chi connectivity index (χ3v) is 9.55. The molecule has 0 saturated heterocycles. The van der Waals surface area contributed by atoms with E-state index in [4.69, 9.17) is 0 Å². The van der Waals surface area contributed by atoms with Crippen molar-refractivity contribution in [2.45, 2.75) is 64.5 Å². The summed E-state index contributed by atoms with van der Waals surface area (Å²) in [5, 5.41) is 12.4. The normalized spacial score (nSPS) is 24.8. The molecule has 2 aromatic heterocycles. The number of fused-ring (bicyclic) bond motifs is 3. The minimum absolute atomic E-state index is 0.0247. The minimum atomic E-state index is -4.24. The summed E-state index contributed by atoms with van der Waals surface area (Å²) in [6.45, 7) is 1.87. The molecule has 0 aromatic carbocycles. The number of alkyl halides is 3. The molecule has 2 heterocycles. The lowest BCUT2D eigenvalue weighted by atomic mass is 9.65. The first-order chi connectivity index (χ1) is 15.6. The monoisotopic (exact) mass is 495 g/mol. The van der Waals surface area contributed by atoms with E-state index in [1.54, 1.807) is 0 Å². The molecular formula is C24H24F3NO3S2. The molecule has 0 spiro atoms. The lowest BCUT2D eigenvalue weighted by Gasteiger charge is -2.38. The van der Waals surface area contributed by atoms with E-state index in [-0.39, 0.29) is 42.5 Å². The SMILES string of the molecule is Cc1csc(-c2c(CC(=O)C3=C(C(=O)O)C4CCC3CC4)sc3c2CC[C@H](C(F)(F)F)C3)n1. The first-order valence-electron chi connectivity index (χ1n) is 11.3. The van der Waals surface area contributed by atoms with Crippen LogP contribution in [0.5, 0.6) is 0 Å². The van der Waals surface area contributed by atoms with Gasteiger partial charge in [-0.25, -0.2) is 9.78 Å². The molecule has 0 amide bonds. The quantitative estimate of drug-likeness (QED) is 0.540. The van der Waals surface area contributed by atoms with Crippen LogP contribution in [0.2, 0.25) is 0 Å². The molecule has 2 bridgehead atoms. The lowest BCUT2D eigenvalue weighted by Crippen LogP contribution is -2.34. The highest BCUT2D eigenvalue weighted by Crippen LogP contribution is 2.49. The van der Waals surface area contributed by atoms with Gasteiger partial charge in [0.25, 0.3) is 0 Å². The third kappa shape index (κ3) is 4.07. The zero-order chi connectivity index (χ0) is 23.5. The van der Waals surface area contributed by atoms with Gasteiger partial charge in [0.15, 0.2) is 5.78 Å². The van der Waals surface area contributed by atoms with Crippen molar-refractivity contribution in [3.8, 4) is 10.6 Å². The highest BCUT2D eigenvalue weighted by molar-refractivity contribution is 7.15. The van der Waals surface area contributed by atoms with Gasteiger partial charge < -0.3 is 5.11 Å². The predicted octanol–water partition coefficient (Wildman–Crippen LogP) is 6.16. The Kier molecular flexibility index (Phi) is 5.76. The van der Waals surface area contributed by atoms with Crippen LogP contribution in [0.1, 0.15) is 53.1 Å². The number of allylic oxidation sites excluding steroid dienone is 1. The fourth-order valence-electron chi connectivity index (χ4n) is 5.78. The van der Waals surface area contributed by atoms with Gasteiger partial charge in [-0.15, -0.1) is 22.7 Å². The van der Waals surface area contributed by atoms with Crippen molar-refractivity contribution in [3.05, 3.63) is 37.5 Å². The van der Waals surface area contributed by atoms with E-state index in [0.29, 0.717) is 16.9 Å². The van der Waals surface area contributed by atoms with Gasteiger partial charge in [0.2, 0.25) is 0 Å². The first-order valence-corrected chi connectivity index (χ1v) is 13.0. The average Bonchev–Trinajstić information content (AvgIpc) is 3.35. The molecule has 1 saturated carbocycles.